The lowest BCUT2D eigenvalue weighted by atomic mass is 9.89. The highest BCUT2D eigenvalue weighted by Crippen LogP contribution is 2.35. The van der Waals surface area contributed by atoms with Crippen LogP contribution in [0.25, 0.3) is 6.08 Å². The van der Waals surface area contributed by atoms with Crippen LogP contribution in [0.5, 0.6) is 11.6 Å². The fraction of sp³-hybridized carbons (Fsp3) is 0.318. The molecule has 1 aromatic heterocycles. The van der Waals surface area contributed by atoms with Gasteiger partial charge in [0.25, 0.3) is 16.8 Å². The van der Waals surface area contributed by atoms with E-state index in [-0.39, 0.29) is 22.7 Å². The molecule has 1 aliphatic carbocycles. The summed E-state index contributed by atoms with van der Waals surface area (Å²) in [5, 5.41) is 10.5. The van der Waals surface area contributed by atoms with Crippen molar-refractivity contribution in [1.82, 2.24) is 9.88 Å². The number of nitro groups is 1. The number of benzene rings is 1. The molecule has 31 heavy (non-hydrogen) atoms. The number of aromatic nitrogens is 1. The van der Waals surface area contributed by atoms with Crippen LogP contribution in [0.3, 0.4) is 0 Å². The van der Waals surface area contributed by atoms with Crippen molar-refractivity contribution >= 4 is 34.7 Å². The summed E-state index contributed by atoms with van der Waals surface area (Å²) in [6.07, 6.45) is 8.56. The molecule has 1 aromatic carbocycles. The number of carbonyl (C=O) groups excluding carboxylic acids is 2. The summed E-state index contributed by atoms with van der Waals surface area (Å²) < 4.78 is 5.59. The lowest BCUT2D eigenvalue weighted by Crippen LogP contribution is -2.34. The molecule has 2 aliphatic rings. The van der Waals surface area contributed by atoms with E-state index in [0.29, 0.717) is 23.1 Å². The van der Waals surface area contributed by atoms with E-state index in [0.717, 1.165) is 36.4 Å². The number of thioether (sulfide) groups is 1. The smallest absolute Gasteiger partial charge is 0.293 e. The van der Waals surface area contributed by atoms with Crippen LogP contribution in [0.15, 0.2) is 47.5 Å². The lowest BCUT2D eigenvalue weighted by Gasteiger charge is -2.25. The van der Waals surface area contributed by atoms with Crippen molar-refractivity contribution in [2.24, 2.45) is 5.92 Å². The molecule has 2 fully saturated rings. The van der Waals surface area contributed by atoms with Crippen molar-refractivity contribution in [2.75, 3.05) is 6.54 Å². The number of carbonyl (C=O) groups is 2. The lowest BCUT2D eigenvalue weighted by molar-refractivity contribution is -0.385. The largest absolute Gasteiger partial charge is 0.439 e. The number of amides is 2. The summed E-state index contributed by atoms with van der Waals surface area (Å²) in [4.78, 5) is 40.9. The summed E-state index contributed by atoms with van der Waals surface area (Å²) in [7, 11) is 0. The molecule has 2 aromatic rings. The Hall–Kier alpha value is -3.20. The first-order chi connectivity index (χ1) is 15.0. The number of pyridine rings is 1. The standard InChI is InChI=1S/C22H21N3O5S/c26-21-19(31-22(27)24(21)14-16-4-2-1-3-5-16)12-15-6-9-18(10-7-15)30-20-11-8-17(13-23-20)25(28)29/h6-13,16H,1-5,14H2/b19-12+. The maximum absolute atomic E-state index is 12.7. The van der Waals surface area contributed by atoms with Gasteiger partial charge in [-0.25, -0.2) is 4.98 Å². The molecule has 2 amide bonds. The predicted octanol–water partition coefficient (Wildman–Crippen LogP) is 5.40. The maximum Gasteiger partial charge on any atom is 0.293 e. The molecule has 1 saturated heterocycles. The highest BCUT2D eigenvalue weighted by Gasteiger charge is 2.36. The van der Waals surface area contributed by atoms with E-state index >= 15 is 0 Å². The average molecular weight is 439 g/mol. The molecule has 4 rings (SSSR count). The van der Waals surface area contributed by atoms with E-state index in [2.05, 4.69) is 4.98 Å². The first-order valence-electron chi connectivity index (χ1n) is 10.1. The average Bonchev–Trinajstić information content (AvgIpc) is 3.03. The number of imide groups is 1. The topological polar surface area (TPSA) is 103 Å². The van der Waals surface area contributed by atoms with Gasteiger partial charge in [0.05, 0.1) is 9.83 Å². The second kappa shape index (κ2) is 9.30. The van der Waals surface area contributed by atoms with Crippen molar-refractivity contribution in [2.45, 2.75) is 32.1 Å². The normalized spacial score (nSPS) is 18.6. The Morgan fingerprint density at radius 1 is 1.13 bits per heavy atom. The minimum absolute atomic E-state index is 0.111. The second-order valence-electron chi connectivity index (χ2n) is 7.58. The van der Waals surface area contributed by atoms with Crippen LogP contribution in [0.2, 0.25) is 0 Å². The molecule has 1 aliphatic heterocycles. The van der Waals surface area contributed by atoms with Gasteiger partial charge in [-0.05, 0) is 54.3 Å². The molecule has 0 radical (unpaired) electrons. The molecular formula is C22H21N3O5S. The Balaban J connectivity index is 1.40. The molecule has 8 nitrogen and oxygen atoms in total. The fourth-order valence-corrected chi connectivity index (χ4v) is 4.58. The van der Waals surface area contributed by atoms with Gasteiger partial charge in [0, 0.05) is 18.7 Å². The van der Waals surface area contributed by atoms with E-state index in [4.69, 9.17) is 4.74 Å². The number of hydrogen-bond donors (Lipinski definition) is 0. The summed E-state index contributed by atoms with van der Waals surface area (Å²) in [5.41, 5.74) is 0.660. The van der Waals surface area contributed by atoms with Gasteiger partial charge in [0.1, 0.15) is 11.9 Å². The zero-order chi connectivity index (χ0) is 21.8. The third-order valence-corrected chi connectivity index (χ3v) is 6.28. The van der Waals surface area contributed by atoms with Gasteiger partial charge >= 0.3 is 0 Å². The minimum atomic E-state index is -0.525. The molecule has 160 valence electrons. The highest BCUT2D eigenvalue weighted by molar-refractivity contribution is 8.18. The van der Waals surface area contributed by atoms with E-state index in [9.17, 15) is 19.7 Å². The van der Waals surface area contributed by atoms with Gasteiger partial charge in [0.15, 0.2) is 0 Å². The maximum atomic E-state index is 12.7. The Labute approximate surface area is 183 Å². The number of ether oxygens (including phenoxy) is 1. The molecule has 2 heterocycles. The van der Waals surface area contributed by atoms with Crippen molar-refractivity contribution < 1.29 is 19.2 Å². The van der Waals surface area contributed by atoms with Crippen LogP contribution in [-0.4, -0.2) is 32.5 Å². The second-order valence-corrected chi connectivity index (χ2v) is 8.57. The van der Waals surface area contributed by atoms with Crippen molar-refractivity contribution in [3.05, 3.63) is 63.2 Å². The Bertz CT molecular complexity index is 1010. The van der Waals surface area contributed by atoms with E-state index in [1.54, 1.807) is 30.3 Å². The van der Waals surface area contributed by atoms with Gasteiger partial charge in [0.2, 0.25) is 5.88 Å². The van der Waals surface area contributed by atoms with Gasteiger partial charge in [-0.15, -0.1) is 0 Å². The molecular weight excluding hydrogens is 418 g/mol. The zero-order valence-corrected chi connectivity index (χ0v) is 17.5. The zero-order valence-electron chi connectivity index (χ0n) is 16.7. The minimum Gasteiger partial charge on any atom is -0.439 e. The fourth-order valence-electron chi connectivity index (χ4n) is 3.73. The van der Waals surface area contributed by atoms with Crippen LogP contribution in [0.1, 0.15) is 37.7 Å². The molecule has 0 unspecified atom stereocenters. The van der Waals surface area contributed by atoms with Gasteiger partial charge in [-0.3, -0.25) is 24.6 Å². The summed E-state index contributed by atoms with van der Waals surface area (Å²) in [6, 6.07) is 9.71. The molecule has 0 N–H and O–H groups in total. The highest BCUT2D eigenvalue weighted by atomic mass is 32.2. The number of nitrogens with zero attached hydrogens (tertiary/aromatic N) is 3. The van der Waals surface area contributed by atoms with E-state index in [1.165, 1.54) is 36.3 Å². The van der Waals surface area contributed by atoms with Crippen molar-refractivity contribution in [3.8, 4) is 11.6 Å². The molecule has 1 saturated carbocycles. The first-order valence-corrected chi connectivity index (χ1v) is 10.9. The Morgan fingerprint density at radius 3 is 2.52 bits per heavy atom. The van der Waals surface area contributed by atoms with Crippen LogP contribution < -0.4 is 4.74 Å². The van der Waals surface area contributed by atoms with Gasteiger partial charge in [-0.1, -0.05) is 31.4 Å². The summed E-state index contributed by atoms with van der Waals surface area (Å²) in [5.74, 6) is 0.924. The number of rotatable bonds is 6. The SMILES string of the molecule is O=C1S/C(=C/c2ccc(Oc3ccc([N+](=O)[O-])cn3)cc2)C(=O)N1CC1CCCCC1. The molecule has 0 spiro atoms. The van der Waals surface area contributed by atoms with Crippen LogP contribution >= 0.6 is 11.8 Å². The molecule has 0 atom stereocenters. The first kappa shape index (κ1) is 21.0. The summed E-state index contributed by atoms with van der Waals surface area (Å²) >= 11 is 0.978. The van der Waals surface area contributed by atoms with E-state index < -0.39 is 4.92 Å². The van der Waals surface area contributed by atoms with E-state index in [1.807, 2.05) is 0 Å². The number of hydrogen-bond acceptors (Lipinski definition) is 7. The summed E-state index contributed by atoms with van der Waals surface area (Å²) in [6.45, 7) is 0.511. The third-order valence-electron chi connectivity index (χ3n) is 5.37. The molecule has 9 heteroatoms. The monoisotopic (exact) mass is 439 g/mol. The van der Waals surface area contributed by atoms with Crippen molar-refractivity contribution in [3.63, 3.8) is 0 Å². The van der Waals surface area contributed by atoms with Gasteiger partial charge < -0.3 is 4.74 Å². The Kier molecular flexibility index (Phi) is 6.31. The predicted molar refractivity (Wildman–Crippen MR) is 117 cm³/mol. The van der Waals surface area contributed by atoms with Crippen molar-refractivity contribution in [1.29, 1.82) is 0 Å². The Morgan fingerprint density at radius 2 is 1.87 bits per heavy atom. The third kappa shape index (κ3) is 5.11. The van der Waals surface area contributed by atoms with Crippen LogP contribution in [0.4, 0.5) is 10.5 Å². The van der Waals surface area contributed by atoms with Gasteiger partial charge in [-0.2, -0.15) is 0 Å². The van der Waals surface area contributed by atoms with Crippen LogP contribution in [-0.2, 0) is 4.79 Å². The molecule has 0 bridgehead atoms. The quantitative estimate of drug-likeness (QED) is 0.337. The van der Waals surface area contributed by atoms with Crippen LogP contribution in [0, 0.1) is 16.0 Å².